The summed E-state index contributed by atoms with van der Waals surface area (Å²) < 4.78 is 16.8. The van der Waals surface area contributed by atoms with Crippen LogP contribution in [-0.2, 0) is 28.6 Å². The molecule has 6 nitrogen and oxygen atoms in total. The molecule has 2 atom stereocenters. The van der Waals surface area contributed by atoms with E-state index in [0.29, 0.717) is 19.3 Å². The van der Waals surface area contributed by atoms with Crippen molar-refractivity contribution in [1.29, 1.82) is 0 Å². The summed E-state index contributed by atoms with van der Waals surface area (Å²) in [6, 6.07) is 0. The first-order chi connectivity index (χ1) is 28.9. The standard InChI is InChI=1S/C53H102O6/c1-5-8-10-12-14-15-16-17-18-19-24-27-30-34-38-42-46-53(56)59-50(47-57-51(54)44-40-36-31-13-11-9-6-2)48-58-52(55)45-41-37-33-29-26-23-21-20-22-25-28-32-35-39-43-49(4)7-3/h49-50H,5-48H2,1-4H3/t49?,50-/m1/s1. The Morgan fingerprint density at radius 3 is 0.881 bits per heavy atom. The minimum Gasteiger partial charge on any atom is -0.462 e. The normalized spacial score (nSPS) is 12.4. The van der Waals surface area contributed by atoms with E-state index in [0.717, 1.165) is 63.7 Å². The molecule has 0 aliphatic carbocycles. The van der Waals surface area contributed by atoms with Crippen molar-refractivity contribution >= 4 is 17.9 Å². The van der Waals surface area contributed by atoms with E-state index in [9.17, 15) is 14.4 Å². The lowest BCUT2D eigenvalue weighted by molar-refractivity contribution is -0.167. The molecular formula is C53H102O6. The molecule has 0 aromatic rings. The summed E-state index contributed by atoms with van der Waals surface area (Å²) in [6.45, 7) is 9.04. The van der Waals surface area contributed by atoms with Gasteiger partial charge in [-0.1, -0.05) is 259 Å². The van der Waals surface area contributed by atoms with Crippen LogP contribution < -0.4 is 0 Å². The number of rotatable bonds is 48. The van der Waals surface area contributed by atoms with Gasteiger partial charge in [0, 0.05) is 19.3 Å². The number of hydrogen-bond donors (Lipinski definition) is 0. The first-order valence-corrected chi connectivity index (χ1v) is 26.4. The van der Waals surface area contributed by atoms with Crippen molar-refractivity contribution in [2.24, 2.45) is 5.92 Å². The summed E-state index contributed by atoms with van der Waals surface area (Å²) in [5, 5.41) is 0. The Kier molecular flexibility index (Phi) is 46.2. The number of unbranched alkanes of at least 4 members (excludes halogenated alkanes) is 34. The maximum Gasteiger partial charge on any atom is 0.306 e. The number of ether oxygens (including phenoxy) is 3. The lowest BCUT2D eigenvalue weighted by atomic mass is 9.99. The van der Waals surface area contributed by atoms with Gasteiger partial charge in [0.05, 0.1) is 0 Å². The van der Waals surface area contributed by atoms with E-state index < -0.39 is 6.10 Å². The van der Waals surface area contributed by atoms with Crippen molar-refractivity contribution in [2.75, 3.05) is 13.2 Å². The van der Waals surface area contributed by atoms with Crippen LogP contribution in [0.25, 0.3) is 0 Å². The Morgan fingerprint density at radius 2 is 0.593 bits per heavy atom. The number of esters is 3. The van der Waals surface area contributed by atoms with Crippen molar-refractivity contribution in [2.45, 2.75) is 303 Å². The van der Waals surface area contributed by atoms with E-state index in [1.165, 1.54) is 193 Å². The van der Waals surface area contributed by atoms with E-state index in [1.54, 1.807) is 0 Å². The van der Waals surface area contributed by atoms with E-state index >= 15 is 0 Å². The van der Waals surface area contributed by atoms with Gasteiger partial charge in [0.2, 0.25) is 0 Å². The molecule has 59 heavy (non-hydrogen) atoms. The lowest BCUT2D eigenvalue weighted by Crippen LogP contribution is -2.30. The predicted molar refractivity (Wildman–Crippen MR) is 252 cm³/mol. The van der Waals surface area contributed by atoms with Crippen molar-refractivity contribution < 1.29 is 28.6 Å². The van der Waals surface area contributed by atoms with Crippen molar-refractivity contribution in [1.82, 2.24) is 0 Å². The third kappa shape index (κ3) is 45.8. The summed E-state index contributed by atoms with van der Waals surface area (Å²) in [7, 11) is 0. The van der Waals surface area contributed by atoms with Gasteiger partial charge in [-0.25, -0.2) is 0 Å². The Balaban J connectivity index is 4.18. The van der Waals surface area contributed by atoms with Crippen LogP contribution in [0.1, 0.15) is 297 Å². The summed E-state index contributed by atoms with van der Waals surface area (Å²) in [4.78, 5) is 37.8. The second kappa shape index (κ2) is 47.5. The Morgan fingerprint density at radius 1 is 0.339 bits per heavy atom. The highest BCUT2D eigenvalue weighted by atomic mass is 16.6. The average molecular weight is 835 g/mol. The molecule has 0 saturated carbocycles. The number of carbonyl (C=O) groups is 3. The Labute approximate surface area is 368 Å². The maximum absolute atomic E-state index is 12.8. The fourth-order valence-corrected chi connectivity index (χ4v) is 8.01. The molecule has 0 aromatic heterocycles. The van der Waals surface area contributed by atoms with E-state index in [2.05, 4.69) is 27.7 Å². The molecule has 1 unspecified atom stereocenters. The van der Waals surface area contributed by atoms with Crippen molar-refractivity contribution in [3.63, 3.8) is 0 Å². The highest BCUT2D eigenvalue weighted by molar-refractivity contribution is 5.71. The quantitative estimate of drug-likeness (QED) is 0.0345. The second-order valence-electron chi connectivity index (χ2n) is 18.4. The highest BCUT2D eigenvalue weighted by Gasteiger charge is 2.19. The van der Waals surface area contributed by atoms with Crippen LogP contribution >= 0.6 is 0 Å². The van der Waals surface area contributed by atoms with Gasteiger partial charge in [0.15, 0.2) is 6.10 Å². The molecule has 0 saturated heterocycles. The molecule has 6 heteroatoms. The minimum absolute atomic E-state index is 0.0630. The first-order valence-electron chi connectivity index (χ1n) is 26.4. The summed E-state index contributed by atoms with van der Waals surface area (Å²) in [6.07, 6.45) is 49.5. The van der Waals surface area contributed by atoms with Crippen molar-refractivity contribution in [3.8, 4) is 0 Å². The van der Waals surface area contributed by atoms with E-state index in [4.69, 9.17) is 14.2 Å². The molecule has 350 valence electrons. The Bertz CT molecular complexity index is 889. The molecule has 0 aliphatic rings. The SMILES string of the molecule is CCCCCCCCCCCCCCCCCCC(=O)O[C@H](COC(=O)CCCCCCCCC)COC(=O)CCCCCCCCCCCCCCCCC(C)CC. The molecule has 0 radical (unpaired) electrons. The molecule has 0 heterocycles. The van der Waals surface area contributed by atoms with Gasteiger partial charge in [0.1, 0.15) is 13.2 Å². The smallest absolute Gasteiger partial charge is 0.306 e. The molecule has 0 bridgehead atoms. The van der Waals surface area contributed by atoms with Crippen LogP contribution in [0.4, 0.5) is 0 Å². The Hall–Kier alpha value is -1.59. The molecule has 0 aromatic carbocycles. The van der Waals surface area contributed by atoms with Crippen molar-refractivity contribution in [3.05, 3.63) is 0 Å². The third-order valence-electron chi connectivity index (χ3n) is 12.4. The number of carbonyl (C=O) groups excluding carboxylic acids is 3. The minimum atomic E-state index is -0.759. The molecule has 0 aliphatic heterocycles. The van der Waals surface area contributed by atoms with Crippen LogP contribution in [0.2, 0.25) is 0 Å². The second-order valence-corrected chi connectivity index (χ2v) is 18.4. The number of hydrogen-bond acceptors (Lipinski definition) is 6. The van der Waals surface area contributed by atoms with E-state index in [1.807, 2.05) is 0 Å². The molecule has 0 rings (SSSR count). The topological polar surface area (TPSA) is 78.9 Å². The monoisotopic (exact) mass is 835 g/mol. The summed E-state index contributed by atoms with van der Waals surface area (Å²) in [5.41, 5.74) is 0. The van der Waals surface area contributed by atoms with Crippen LogP contribution in [0, 0.1) is 5.92 Å². The zero-order valence-electron chi connectivity index (χ0n) is 40.2. The largest absolute Gasteiger partial charge is 0.462 e. The zero-order chi connectivity index (χ0) is 43.1. The average Bonchev–Trinajstić information content (AvgIpc) is 3.23. The fraction of sp³-hybridized carbons (Fsp3) is 0.943. The highest BCUT2D eigenvalue weighted by Crippen LogP contribution is 2.18. The van der Waals surface area contributed by atoms with Gasteiger partial charge in [-0.05, 0) is 25.2 Å². The predicted octanol–water partition coefficient (Wildman–Crippen LogP) is 17.1. The summed E-state index contributed by atoms with van der Waals surface area (Å²) in [5.74, 6) is 0.0462. The third-order valence-corrected chi connectivity index (χ3v) is 12.4. The van der Waals surface area contributed by atoms with Gasteiger partial charge in [-0.15, -0.1) is 0 Å². The molecular weight excluding hydrogens is 733 g/mol. The fourth-order valence-electron chi connectivity index (χ4n) is 8.01. The van der Waals surface area contributed by atoms with Crippen LogP contribution in [-0.4, -0.2) is 37.2 Å². The lowest BCUT2D eigenvalue weighted by Gasteiger charge is -2.18. The molecule has 0 amide bonds. The molecule has 0 N–H and O–H groups in total. The van der Waals surface area contributed by atoms with Crippen LogP contribution in [0.15, 0.2) is 0 Å². The van der Waals surface area contributed by atoms with Gasteiger partial charge >= 0.3 is 17.9 Å². The van der Waals surface area contributed by atoms with Gasteiger partial charge in [0.25, 0.3) is 0 Å². The molecule has 0 fully saturated rings. The first kappa shape index (κ1) is 57.4. The van der Waals surface area contributed by atoms with E-state index in [-0.39, 0.29) is 31.1 Å². The van der Waals surface area contributed by atoms with Crippen LogP contribution in [0.3, 0.4) is 0 Å². The van der Waals surface area contributed by atoms with Gasteiger partial charge < -0.3 is 14.2 Å². The van der Waals surface area contributed by atoms with Gasteiger partial charge in [-0.2, -0.15) is 0 Å². The van der Waals surface area contributed by atoms with Crippen LogP contribution in [0.5, 0.6) is 0 Å². The molecule has 0 spiro atoms. The summed E-state index contributed by atoms with van der Waals surface area (Å²) >= 11 is 0. The zero-order valence-corrected chi connectivity index (χ0v) is 40.2. The maximum atomic E-state index is 12.8. The van der Waals surface area contributed by atoms with Gasteiger partial charge in [-0.3, -0.25) is 14.4 Å².